The Labute approximate surface area is 145 Å². The number of hydrogen-bond acceptors (Lipinski definition) is 0. The highest BCUT2D eigenvalue weighted by Gasteiger charge is 2.00. The fraction of sp³-hybridized carbons (Fsp3) is 0.167. The van der Waals surface area contributed by atoms with Gasteiger partial charge in [-0.2, -0.15) is 0 Å². The minimum absolute atomic E-state index is 0.973. The van der Waals surface area contributed by atoms with Crippen molar-refractivity contribution in [3.05, 3.63) is 113 Å². The van der Waals surface area contributed by atoms with Crippen molar-refractivity contribution in [2.45, 2.75) is 26.7 Å². The molecule has 120 valence electrons. The maximum atomic E-state index is 3.99. The van der Waals surface area contributed by atoms with Gasteiger partial charge < -0.3 is 0 Å². The molecule has 0 heterocycles. The van der Waals surface area contributed by atoms with Crippen molar-refractivity contribution in [2.75, 3.05) is 0 Å². The lowest BCUT2D eigenvalue weighted by Crippen LogP contribution is -1.92. The zero-order valence-corrected chi connectivity index (χ0v) is 14.5. The van der Waals surface area contributed by atoms with Crippen LogP contribution in [0.15, 0.2) is 79.4 Å². The summed E-state index contributed by atoms with van der Waals surface area (Å²) < 4.78 is 0. The van der Waals surface area contributed by atoms with Crippen molar-refractivity contribution < 1.29 is 0 Å². The van der Waals surface area contributed by atoms with E-state index in [0.29, 0.717) is 0 Å². The van der Waals surface area contributed by atoms with Crippen LogP contribution in [-0.4, -0.2) is 0 Å². The van der Waals surface area contributed by atoms with Gasteiger partial charge in [0.25, 0.3) is 0 Å². The lowest BCUT2D eigenvalue weighted by Gasteiger charge is -2.07. The van der Waals surface area contributed by atoms with Crippen molar-refractivity contribution in [1.82, 2.24) is 0 Å². The van der Waals surface area contributed by atoms with Crippen LogP contribution in [0.25, 0.3) is 5.57 Å². The number of allylic oxidation sites excluding steroid dienone is 1. The van der Waals surface area contributed by atoms with E-state index in [2.05, 4.69) is 86.3 Å². The average Bonchev–Trinajstić information content (AvgIpc) is 2.59. The zero-order chi connectivity index (χ0) is 16.9. The molecule has 3 aromatic carbocycles. The average molecular weight is 312 g/mol. The monoisotopic (exact) mass is 312 g/mol. The fourth-order valence-corrected chi connectivity index (χ4v) is 2.86. The first kappa shape index (κ1) is 16.3. The van der Waals surface area contributed by atoms with E-state index in [4.69, 9.17) is 0 Å². The summed E-state index contributed by atoms with van der Waals surface area (Å²) in [5.41, 5.74) is 9.06. The summed E-state index contributed by atoms with van der Waals surface area (Å²) in [6.45, 7) is 8.16. The summed E-state index contributed by atoms with van der Waals surface area (Å²) in [5.74, 6) is 0. The highest BCUT2D eigenvalue weighted by atomic mass is 14.1. The molecule has 0 heteroatoms. The molecule has 0 nitrogen and oxygen atoms in total. The first-order valence-electron chi connectivity index (χ1n) is 8.48. The van der Waals surface area contributed by atoms with Crippen molar-refractivity contribution in [3.8, 4) is 0 Å². The molecule has 0 saturated carbocycles. The second-order valence-electron chi connectivity index (χ2n) is 6.63. The number of hydrogen-bond donors (Lipinski definition) is 0. The molecule has 0 amide bonds. The zero-order valence-electron chi connectivity index (χ0n) is 14.5. The van der Waals surface area contributed by atoms with E-state index in [0.717, 1.165) is 18.4 Å². The van der Waals surface area contributed by atoms with Gasteiger partial charge in [-0.15, -0.1) is 0 Å². The summed E-state index contributed by atoms with van der Waals surface area (Å²) in [6, 6.07) is 26.5. The van der Waals surface area contributed by atoms with Gasteiger partial charge in [0, 0.05) is 0 Å². The van der Waals surface area contributed by atoms with Crippen LogP contribution in [-0.2, 0) is 12.8 Å². The number of benzene rings is 3. The quantitative estimate of drug-likeness (QED) is 0.525. The Bertz CT molecular complexity index is 803. The van der Waals surface area contributed by atoms with Gasteiger partial charge >= 0.3 is 0 Å². The first-order chi connectivity index (χ1) is 11.6. The summed E-state index contributed by atoms with van der Waals surface area (Å²) in [5, 5.41) is 0. The minimum Gasteiger partial charge on any atom is -0.0955 e. The van der Waals surface area contributed by atoms with E-state index in [-0.39, 0.29) is 0 Å². The van der Waals surface area contributed by atoms with Gasteiger partial charge in [-0.25, -0.2) is 0 Å². The topological polar surface area (TPSA) is 0 Å². The van der Waals surface area contributed by atoms with Crippen molar-refractivity contribution in [3.63, 3.8) is 0 Å². The van der Waals surface area contributed by atoms with E-state index < -0.39 is 0 Å². The number of aryl methyl sites for hydroxylation is 1. The lowest BCUT2D eigenvalue weighted by atomic mass is 9.99. The largest absolute Gasteiger partial charge is 0.0955 e. The van der Waals surface area contributed by atoms with Crippen LogP contribution < -0.4 is 0 Å². The van der Waals surface area contributed by atoms with Gasteiger partial charge in [0.2, 0.25) is 0 Å². The highest BCUT2D eigenvalue weighted by Crippen LogP contribution is 2.17. The summed E-state index contributed by atoms with van der Waals surface area (Å²) in [7, 11) is 0. The van der Waals surface area contributed by atoms with Crippen LogP contribution in [0.2, 0.25) is 0 Å². The molecule has 0 atom stereocenters. The van der Waals surface area contributed by atoms with E-state index >= 15 is 0 Å². The summed E-state index contributed by atoms with van der Waals surface area (Å²) >= 11 is 0. The van der Waals surface area contributed by atoms with Crippen LogP contribution in [0.5, 0.6) is 0 Å². The molecular formula is C24H24. The highest BCUT2D eigenvalue weighted by molar-refractivity contribution is 5.61. The fourth-order valence-electron chi connectivity index (χ4n) is 2.86. The Morgan fingerprint density at radius 1 is 0.625 bits per heavy atom. The molecule has 3 rings (SSSR count). The Hall–Kier alpha value is -2.60. The third kappa shape index (κ3) is 4.23. The third-order valence-electron chi connectivity index (χ3n) is 4.41. The molecule has 0 fully saturated rings. The van der Waals surface area contributed by atoms with Gasteiger partial charge in [-0.1, -0.05) is 90.5 Å². The molecule has 0 aromatic heterocycles. The molecule has 0 aliphatic heterocycles. The van der Waals surface area contributed by atoms with Crippen molar-refractivity contribution >= 4 is 5.57 Å². The van der Waals surface area contributed by atoms with Crippen LogP contribution in [0.3, 0.4) is 0 Å². The van der Waals surface area contributed by atoms with Crippen molar-refractivity contribution in [2.24, 2.45) is 0 Å². The second kappa shape index (κ2) is 7.31. The molecule has 0 radical (unpaired) electrons. The van der Waals surface area contributed by atoms with Crippen LogP contribution in [0.4, 0.5) is 0 Å². The predicted molar refractivity (Wildman–Crippen MR) is 104 cm³/mol. The summed E-state index contributed by atoms with van der Waals surface area (Å²) in [6.07, 6.45) is 1.97. The van der Waals surface area contributed by atoms with Gasteiger partial charge in [0.05, 0.1) is 0 Å². The van der Waals surface area contributed by atoms with Crippen molar-refractivity contribution in [1.29, 1.82) is 0 Å². The Morgan fingerprint density at radius 2 is 0.958 bits per heavy atom. The van der Waals surface area contributed by atoms with Gasteiger partial charge in [-0.3, -0.25) is 0 Å². The molecular weight excluding hydrogens is 288 g/mol. The third-order valence-corrected chi connectivity index (χ3v) is 4.41. The molecule has 0 saturated heterocycles. The van der Waals surface area contributed by atoms with Crippen LogP contribution in [0, 0.1) is 6.92 Å². The Morgan fingerprint density at radius 3 is 1.33 bits per heavy atom. The van der Waals surface area contributed by atoms with Crippen LogP contribution >= 0.6 is 0 Å². The summed E-state index contributed by atoms with van der Waals surface area (Å²) in [4.78, 5) is 0. The molecule has 0 aliphatic rings. The Kier molecular flexibility index (Phi) is 4.96. The first-order valence-corrected chi connectivity index (χ1v) is 8.48. The smallest absolute Gasteiger partial charge is 0.00258 e. The van der Waals surface area contributed by atoms with Gasteiger partial charge in [-0.05, 0) is 54.5 Å². The standard InChI is InChI=1S/C24H24/c1-18(2)24-14-12-23(13-15-24)17-22-10-8-21(9-11-22)16-20-6-4-19(3)5-7-20/h4-15H,1,16-17H2,2-3H3. The number of rotatable bonds is 5. The van der Waals surface area contributed by atoms with Gasteiger partial charge in [0.1, 0.15) is 0 Å². The maximum absolute atomic E-state index is 3.99. The maximum Gasteiger partial charge on any atom is -0.00258 e. The molecule has 0 unspecified atom stereocenters. The van der Waals surface area contributed by atoms with E-state index in [1.165, 1.54) is 33.4 Å². The van der Waals surface area contributed by atoms with E-state index in [1.807, 2.05) is 6.92 Å². The molecule has 24 heavy (non-hydrogen) atoms. The minimum atomic E-state index is 0.973. The van der Waals surface area contributed by atoms with E-state index in [1.54, 1.807) is 0 Å². The van der Waals surface area contributed by atoms with E-state index in [9.17, 15) is 0 Å². The second-order valence-corrected chi connectivity index (χ2v) is 6.63. The SMILES string of the molecule is C=C(C)c1ccc(Cc2ccc(Cc3ccc(C)cc3)cc2)cc1. The molecule has 0 N–H and O–H groups in total. The lowest BCUT2D eigenvalue weighted by molar-refractivity contribution is 1.15. The molecule has 3 aromatic rings. The van der Waals surface area contributed by atoms with Gasteiger partial charge in [0.15, 0.2) is 0 Å². The predicted octanol–water partition coefficient (Wildman–Crippen LogP) is 6.21. The Balaban J connectivity index is 1.65. The molecule has 0 bridgehead atoms. The van der Waals surface area contributed by atoms with Crippen LogP contribution in [0.1, 0.15) is 40.3 Å². The molecule has 0 spiro atoms. The normalized spacial score (nSPS) is 10.6. The molecule has 0 aliphatic carbocycles.